The van der Waals surface area contributed by atoms with Crippen LogP contribution in [0.25, 0.3) is 0 Å². The van der Waals surface area contributed by atoms with Gasteiger partial charge in [-0.05, 0) is 19.8 Å². The lowest BCUT2D eigenvalue weighted by molar-refractivity contribution is -0.141. The third-order valence-electron chi connectivity index (χ3n) is 4.33. The number of hydrogen-bond donors (Lipinski definition) is 1. The molecule has 1 N–H and O–H groups in total. The van der Waals surface area contributed by atoms with Crippen molar-refractivity contribution in [1.82, 2.24) is 10.2 Å². The van der Waals surface area contributed by atoms with Crippen LogP contribution in [0.2, 0.25) is 0 Å². The van der Waals surface area contributed by atoms with Gasteiger partial charge in [0.2, 0.25) is 17.7 Å². The van der Waals surface area contributed by atoms with Crippen LogP contribution < -0.4 is 5.32 Å². The van der Waals surface area contributed by atoms with Gasteiger partial charge in [0, 0.05) is 25.9 Å². The Hall–Kier alpha value is -2.17. The van der Waals surface area contributed by atoms with Crippen LogP contribution >= 0.6 is 0 Å². The molecule has 0 aromatic carbocycles. The maximum Gasteiger partial charge on any atom is 0.234 e. The van der Waals surface area contributed by atoms with Crippen molar-refractivity contribution < 1.29 is 14.4 Å². The van der Waals surface area contributed by atoms with Gasteiger partial charge in [-0.15, -0.1) is 0 Å². The molecule has 3 amide bonds. The number of allylic oxidation sites excluding steroid dienone is 4. The predicted octanol–water partition coefficient (Wildman–Crippen LogP) is 1.72. The van der Waals surface area contributed by atoms with E-state index in [4.69, 9.17) is 0 Å². The summed E-state index contributed by atoms with van der Waals surface area (Å²) in [6.07, 6.45) is 9.10. The smallest absolute Gasteiger partial charge is 0.234 e. The van der Waals surface area contributed by atoms with E-state index in [1.54, 1.807) is 11.0 Å². The molecule has 2 aliphatic heterocycles. The summed E-state index contributed by atoms with van der Waals surface area (Å²) in [4.78, 5) is 37.4. The summed E-state index contributed by atoms with van der Waals surface area (Å²) < 4.78 is 0. The summed E-state index contributed by atoms with van der Waals surface area (Å²) in [6, 6.07) is 0. The van der Waals surface area contributed by atoms with E-state index in [-0.39, 0.29) is 17.7 Å². The predicted molar refractivity (Wildman–Crippen MR) is 83.7 cm³/mol. The fourth-order valence-corrected chi connectivity index (χ4v) is 2.97. The van der Waals surface area contributed by atoms with Crippen molar-refractivity contribution in [2.24, 2.45) is 5.41 Å². The number of nitrogens with one attached hydrogen (secondary N) is 1. The normalized spacial score (nSPS) is 25.9. The first kappa shape index (κ1) is 16.2. The number of hydrogen-bond acceptors (Lipinski definition) is 3. The highest BCUT2D eigenvalue weighted by Gasteiger charge is 2.48. The summed E-state index contributed by atoms with van der Waals surface area (Å²) in [5.74, 6) is -0.407. The number of carbonyl (C=O) groups excluding carboxylic acids is 3. The van der Waals surface area contributed by atoms with E-state index in [1.165, 1.54) is 0 Å². The van der Waals surface area contributed by atoms with Crippen LogP contribution in [-0.4, -0.2) is 35.7 Å². The molecule has 118 valence electrons. The van der Waals surface area contributed by atoms with E-state index >= 15 is 0 Å². The first-order valence-corrected chi connectivity index (χ1v) is 7.54. The minimum atomic E-state index is -0.566. The average Bonchev–Trinajstić information content (AvgIpc) is 2.90. The van der Waals surface area contributed by atoms with Gasteiger partial charge in [0.15, 0.2) is 0 Å². The van der Waals surface area contributed by atoms with Crippen LogP contribution in [0.15, 0.2) is 36.5 Å². The molecule has 1 atom stereocenters. The number of likely N-dealkylation sites (tertiary alicyclic amines) is 1. The Bertz CT molecular complexity index is 562. The molecule has 0 aromatic heterocycles. The number of amides is 3. The number of piperidine rings is 1. The van der Waals surface area contributed by atoms with E-state index in [9.17, 15) is 14.4 Å². The molecule has 5 heteroatoms. The van der Waals surface area contributed by atoms with Crippen molar-refractivity contribution in [3.8, 4) is 0 Å². The van der Waals surface area contributed by atoms with E-state index in [0.29, 0.717) is 38.8 Å². The molecular formula is C17H22N2O3. The number of nitrogens with zero attached hydrogens (tertiary/aromatic N) is 1. The van der Waals surface area contributed by atoms with Crippen LogP contribution in [0.3, 0.4) is 0 Å². The Balaban J connectivity index is 1.95. The fraction of sp³-hybridized carbons (Fsp3) is 0.471. The number of rotatable bonds is 4. The van der Waals surface area contributed by atoms with Gasteiger partial charge in [0.25, 0.3) is 0 Å². The first-order valence-electron chi connectivity index (χ1n) is 7.54. The highest BCUT2D eigenvalue weighted by molar-refractivity contribution is 6.01. The standard InChI is InChI=1S/C17H22N2O3/c1-3-4-5-6-13(2)11-15(21)19-10-9-17(12-19)8-7-14(20)18-16(17)22/h3-6H,1,7-12H2,2H3,(H,18,20,22)/b5-4-,13-6+. The highest BCUT2D eigenvalue weighted by atomic mass is 16.2. The van der Waals surface area contributed by atoms with Crippen LogP contribution in [0.4, 0.5) is 0 Å². The second kappa shape index (κ2) is 6.73. The van der Waals surface area contributed by atoms with Gasteiger partial charge in [-0.25, -0.2) is 0 Å². The van der Waals surface area contributed by atoms with Gasteiger partial charge in [0.1, 0.15) is 0 Å². The van der Waals surface area contributed by atoms with Crippen LogP contribution in [0.1, 0.15) is 32.6 Å². The van der Waals surface area contributed by atoms with Crippen LogP contribution in [-0.2, 0) is 14.4 Å². The van der Waals surface area contributed by atoms with Gasteiger partial charge in [-0.3, -0.25) is 19.7 Å². The van der Waals surface area contributed by atoms with E-state index in [1.807, 2.05) is 25.2 Å². The monoisotopic (exact) mass is 302 g/mol. The molecule has 2 rings (SSSR count). The average molecular weight is 302 g/mol. The lowest BCUT2D eigenvalue weighted by Gasteiger charge is -2.31. The minimum Gasteiger partial charge on any atom is -0.341 e. The third kappa shape index (κ3) is 3.53. The Morgan fingerprint density at radius 3 is 2.82 bits per heavy atom. The lowest BCUT2D eigenvalue weighted by atomic mass is 9.79. The second-order valence-corrected chi connectivity index (χ2v) is 6.03. The quantitative estimate of drug-likeness (QED) is 0.635. The van der Waals surface area contributed by atoms with E-state index in [2.05, 4.69) is 11.9 Å². The molecule has 2 saturated heterocycles. The SMILES string of the molecule is C=C/C=C\C=C(/C)CC(=O)N1CCC2(CCC(=O)NC2=O)C1. The van der Waals surface area contributed by atoms with Crippen molar-refractivity contribution in [3.63, 3.8) is 0 Å². The molecular weight excluding hydrogens is 280 g/mol. The summed E-state index contributed by atoms with van der Waals surface area (Å²) in [6.45, 7) is 6.49. The third-order valence-corrected chi connectivity index (χ3v) is 4.33. The van der Waals surface area contributed by atoms with Crippen molar-refractivity contribution in [3.05, 3.63) is 36.5 Å². The van der Waals surface area contributed by atoms with Crippen LogP contribution in [0, 0.1) is 5.41 Å². The van der Waals surface area contributed by atoms with Gasteiger partial charge >= 0.3 is 0 Å². The van der Waals surface area contributed by atoms with Gasteiger partial charge in [0.05, 0.1) is 5.41 Å². The minimum absolute atomic E-state index is 0.0299. The van der Waals surface area contributed by atoms with E-state index < -0.39 is 5.41 Å². The molecule has 0 bridgehead atoms. The molecule has 22 heavy (non-hydrogen) atoms. The Kier molecular flexibility index (Phi) is 4.96. The largest absolute Gasteiger partial charge is 0.341 e. The maximum atomic E-state index is 12.3. The van der Waals surface area contributed by atoms with Crippen molar-refractivity contribution in [2.45, 2.75) is 32.6 Å². The maximum absolute atomic E-state index is 12.3. The number of imide groups is 1. The summed E-state index contributed by atoms with van der Waals surface area (Å²) >= 11 is 0. The molecule has 2 aliphatic rings. The molecule has 0 aromatic rings. The molecule has 1 spiro atoms. The van der Waals surface area contributed by atoms with Crippen molar-refractivity contribution in [1.29, 1.82) is 0 Å². The lowest BCUT2D eigenvalue weighted by Crippen LogP contribution is -2.50. The molecule has 0 aliphatic carbocycles. The van der Waals surface area contributed by atoms with Gasteiger partial charge in [-0.1, -0.05) is 36.5 Å². The Morgan fingerprint density at radius 1 is 1.36 bits per heavy atom. The molecule has 2 heterocycles. The molecule has 2 fully saturated rings. The first-order chi connectivity index (χ1) is 10.5. The highest BCUT2D eigenvalue weighted by Crippen LogP contribution is 2.37. The van der Waals surface area contributed by atoms with Crippen LogP contribution in [0.5, 0.6) is 0 Å². The fourth-order valence-electron chi connectivity index (χ4n) is 2.97. The Labute approximate surface area is 130 Å². The zero-order valence-corrected chi connectivity index (χ0v) is 12.9. The molecule has 1 unspecified atom stereocenters. The topological polar surface area (TPSA) is 66.5 Å². The van der Waals surface area contributed by atoms with Crippen molar-refractivity contribution >= 4 is 17.7 Å². The van der Waals surface area contributed by atoms with Gasteiger partial charge < -0.3 is 4.90 Å². The molecule has 0 saturated carbocycles. The molecule has 0 radical (unpaired) electrons. The zero-order chi connectivity index (χ0) is 16.2. The zero-order valence-electron chi connectivity index (χ0n) is 12.9. The molecule has 5 nitrogen and oxygen atoms in total. The Morgan fingerprint density at radius 2 is 2.14 bits per heavy atom. The summed E-state index contributed by atoms with van der Waals surface area (Å²) in [7, 11) is 0. The number of carbonyl (C=O) groups is 3. The van der Waals surface area contributed by atoms with Crippen molar-refractivity contribution in [2.75, 3.05) is 13.1 Å². The van der Waals surface area contributed by atoms with Gasteiger partial charge in [-0.2, -0.15) is 0 Å². The summed E-state index contributed by atoms with van der Waals surface area (Å²) in [5.41, 5.74) is 0.400. The summed E-state index contributed by atoms with van der Waals surface area (Å²) in [5, 5.41) is 2.40. The second-order valence-electron chi connectivity index (χ2n) is 6.03. The van der Waals surface area contributed by atoms with E-state index in [0.717, 1.165) is 5.57 Å².